The molecule has 26 heavy (non-hydrogen) atoms. The monoisotopic (exact) mass is 388 g/mol. The molecule has 0 spiro atoms. The first kappa shape index (κ1) is 19.9. The maximum atomic E-state index is 13.1. The standard InChI is InChI=1S/C16H16ClF3N4O2/c1-26-6-2-5-21-15-22-8-10(9-23-15)14(25)24-13-4-3-11(17)7-12(13)16(18,19)20/h3-4,7-9H,2,5-6H2,1H3,(H,24,25)(H,21,22,23). The number of benzene rings is 1. The molecule has 1 aromatic carbocycles. The highest BCUT2D eigenvalue weighted by Crippen LogP contribution is 2.36. The maximum absolute atomic E-state index is 13.1. The first-order chi connectivity index (χ1) is 12.3. The van der Waals surface area contributed by atoms with Crippen LogP contribution in [-0.2, 0) is 10.9 Å². The number of nitrogens with one attached hydrogen (secondary N) is 2. The van der Waals surface area contributed by atoms with Crippen LogP contribution in [0.2, 0.25) is 5.02 Å². The van der Waals surface area contributed by atoms with Crippen LogP contribution in [0.3, 0.4) is 0 Å². The molecule has 2 rings (SSSR count). The van der Waals surface area contributed by atoms with Gasteiger partial charge < -0.3 is 15.4 Å². The van der Waals surface area contributed by atoms with Gasteiger partial charge in [-0.05, 0) is 24.6 Å². The van der Waals surface area contributed by atoms with Gasteiger partial charge in [0.1, 0.15) is 0 Å². The van der Waals surface area contributed by atoms with E-state index in [1.54, 1.807) is 7.11 Å². The molecule has 140 valence electrons. The minimum absolute atomic E-state index is 0.0236. The van der Waals surface area contributed by atoms with Crippen molar-refractivity contribution in [2.75, 3.05) is 30.9 Å². The number of carbonyl (C=O) groups is 1. The summed E-state index contributed by atoms with van der Waals surface area (Å²) in [4.78, 5) is 20.1. The van der Waals surface area contributed by atoms with E-state index in [0.29, 0.717) is 19.1 Å². The lowest BCUT2D eigenvalue weighted by Crippen LogP contribution is -2.17. The third-order valence-electron chi connectivity index (χ3n) is 3.26. The van der Waals surface area contributed by atoms with Crippen LogP contribution in [0.4, 0.5) is 24.8 Å². The number of nitrogens with zero attached hydrogens (tertiary/aromatic N) is 2. The van der Waals surface area contributed by atoms with E-state index in [9.17, 15) is 18.0 Å². The fraction of sp³-hybridized carbons (Fsp3) is 0.312. The second-order valence-electron chi connectivity index (χ2n) is 5.21. The van der Waals surface area contributed by atoms with Gasteiger partial charge in [0, 0.05) is 37.7 Å². The molecule has 0 aliphatic rings. The summed E-state index contributed by atoms with van der Waals surface area (Å²) < 4.78 is 44.1. The van der Waals surface area contributed by atoms with Crippen molar-refractivity contribution in [3.63, 3.8) is 0 Å². The molecule has 0 atom stereocenters. The number of halogens is 4. The largest absolute Gasteiger partial charge is 0.418 e. The molecule has 0 saturated heterocycles. The van der Waals surface area contributed by atoms with E-state index in [-0.39, 0.29) is 10.6 Å². The van der Waals surface area contributed by atoms with Gasteiger partial charge in [-0.15, -0.1) is 0 Å². The van der Waals surface area contributed by atoms with Crippen LogP contribution in [0.15, 0.2) is 30.6 Å². The number of hydrogen-bond acceptors (Lipinski definition) is 5. The van der Waals surface area contributed by atoms with E-state index in [1.807, 2.05) is 0 Å². The van der Waals surface area contributed by atoms with Crippen LogP contribution in [0.1, 0.15) is 22.3 Å². The zero-order valence-electron chi connectivity index (χ0n) is 13.7. The molecular weight excluding hydrogens is 373 g/mol. The Morgan fingerprint density at radius 2 is 1.96 bits per heavy atom. The lowest BCUT2D eigenvalue weighted by Gasteiger charge is -2.14. The highest BCUT2D eigenvalue weighted by molar-refractivity contribution is 6.30. The van der Waals surface area contributed by atoms with Crippen LogP contribution in [0, 0.1) is 0 Å². The molecule has 0 bridgehead atoms. The van der Waals surface area contributed by atoms with E-state index >= 15 is 0 Å². The third-order valence-corrected chi connectivity index (χ3v) is 3.49. The lowest BCUT2D eigenvalue weighted by atomic mass is 10.1. The van der Waals surface area contributed by atoms with Crippen molar-refractivity contribution in [1.29, 1.82) is 0 Å². The predicted octanol–water partition coefficient (Wildman–Crippen LogP) is 3.85. The number of rotatable bonds is 7. The molecule has 0 aliphatic carbocycles. The fourth-order valence-electron chi connectivity index (χ4n) is 2.01. The highest BCUT2D eigenvalue weighted by Gasteiger charge is 2.34. The first-order valence-electron chi connectivity index (χ1n) is 7.54. The molecule has 0 fully saturated rings. The summed E-state index contributed by atoms with van der Waals surface area (Å²) in [6, 6.07) is 3.10. The van der Waals surface area contributed by atoms with Crippen molar-refractivity contribution in [3.8, 4) is 0 Å². The Balaban J connectivity index is 2.06. The van der Waals surface area contributed by atoms with Crippen LogP contribution in [0.25, 0.3) is 0 Å². The van der Waals surface area contributed by atoms with Gasteiger partial charge in [0.15, 0.2) is 0 Å². The fourth-order valence-corrected chi connectivity index (χ4v) is 2.18. The van der Waals surface area contributed by atoms with E-state index < -0.39 is 23.3 Å². The Kier molecular flexibility index (Phi) is 6.76. The Labute approximate surface area is 152 Å². The Hall–Kier alpha value is -2.39. The van der Waals surface area contributed by atoms with E-state index in [0.717, 1.165) is 18.6 Å². The average Bonchev–Trinajstić information content (AvgIpc) is 2.60. The molecule has 1 aromatic heterocycles. The van der Waals surface area contributed by atoms with Crippen LogP contribution in [0.5, 0.6) is 0 Å². The molecule has 1 amide bonds. The first-order valence-corrected chi connectivity index (χ1v) is 7.92. The molecule has 0 unspecified atom stereocenters. The van der Waals surface area contributed by atoms with Gasteiger partial charge in [-0.1, -0.05) is 11.6 Å². The molecule has 10 heteroatoms. The summed E-state index contributed by atoms with van der Waals surface area (Å²) in [7, 11) is 1.59. The summed E-state index contributed by atoms with van der Waals surface area (Å²) in [5.41, 5.74) is -1.40. The minimum Gasteiger partial charge on any atom is -0.385 e. The van der Waals surface area contributed by atoms with E-state index in [4.69, 9.17) is 16.3 Å². The van der Waals surface area contributed by atoms with Gasteiger partial charge >= 0.3 is 6.18 Å². The summed E-state index contributed by atoms with van der Waals surface area (Å²) in [6.45, 7) is 1.16. The number of aromatic nitrogens is 2. The average molecular weight is 389 g/mol. The summed E-state index contributed by atoms with van der Waals surface area (Å²) >= 11 is 5.61. The number of anilines is 2. The Morgan fingerprint density at radius 3 is 2.58 bits per heavy atom. The van der Waals surface area contributed by atoms with E-state index in [2.05, 4.69) is 20.6 Å². The molecule has 0 radical (unpaired) electrons. The lowest BCUT2D eigenvalue weighted by molar-refractivity contribution is -0.136. The van der Waals surface area contributed by atoms with Crippen molar-refractivity contribution in [3.05, 3.63) is 46.7 Å². The summed E-state index contributed by atoms with van der Waals surface area (Å²) in [5, 5.41) is 5.06. The number of ether oxygens (including phenoxy) is 1. The zero-order valence-corrected chi connectivity index (χ0v) is 14.5. The highest BCUT2D eigenvalue weighted by atomic mass is 35.5. The molecule has 1 heterocycles. The van der Waals surface area contributed by atoms with E-state index in [1.165, 1.54) is 18.5 Å². The van der Waals surface area contributed by atoms with Crippen LogP contribution >= 0.6 is 11.6 Å². The van der Waals surface area contributed by atoms with Gasteiger partial charge in [-0.2, -0.15) is 13.2 Å². The zero-order chi connectivity index (χ0) is 19.2. The molecule has 0 saturated carbocycles. The normalized spacial score (nSPS) is 11.3. The van der Waals surface area contributed by atoms with Gasteiger partial charge in [-0.3, -0.25) is 4.79 Å². The van der Waals surface area contributed by atoms with Crippen molar-refractivity contribution in [2.45, 2.75) is 12.6 Å². The number of amides is 1. The Bertz CT molecular complexity index is 754. The quantitative estimate of drug-likeness (QED) is 0.704. The predicted molar refractivity (Wildman–Crippen MR) is 91.4 cm³/mol. The SMILES string of the molecule is COCCCNc1ncc(C(=O)Nc2ccc(Cl)cc2C(F)(F)F)cn1. The van der Waals surface area contributed by atoms with Crippen molar-refractivity contribution < 1.29 is 22.7 Å². The third kappa shape index (κ3) is 5.57. The summed E-state index contributed by atoms with van der Waals surface area (Å²) in [5.74, 6) is -0.455. The smallest absolute Gasteiger partial charge is 0.385 e. The Morgan fingerprint density at radius 1 is 1.27 bits per heavy atom. The van der Waals surface area contributed by atoms with Gasteiger partial charge in [0.05, 0.1) is 16.8 Å². The van der Waals surface area contributed by atoms with Crippen molar-refractivity contribution in [2.24, 2.45) is 0 Å². The van der Waals surface area contributed by atoms with Crippen molar-refractivity contribution in [1.82, 2.24) is 9.97 Å². The minimum atomic E-state index is -4.65. The topological polar surface area (TPSA) is 76.1 Å². The molecular formula is C16H16ClF3N4O2. The van der Waals surface area contributed by atoms with Crippen LogP contribution in [-0.4, -0.2) is 36.1 Å². The number of alkyl halides is 3. The van der Waals surface area contributed by atoms with Gasteiger partial charge in [0.25, 0.3) is 5.91 Å². The molecule has 0 aliphatic heterocycles. The van der Waals surface area contributed by atoms with Gasteiger partial charge in [0.2, 0.25) is 5.95 Å². The van der Waals surface area contributed by atoms with Crippen LogP contribution < -0.4 is 10.6 Å². The molecule has 2 aromatic rings. The number of hydrogen-bond donors (Lipinski definition) is 2. The second-order valence-corrected chi connectivity index (χ2v) is 5.65. The second kappa shape index (κ2) is 8.81. The maximum Gasteiger partial charge on any atom is 0.418 e. The molecule has 2 N–H and O–H groups in total. The van der Waals surface area contributed by atoms with Gasteiger partial charge in [-0.25, -0.2) is 9.97 Å². The number of carbonyl (C=O) groups excluding carboxylic acids is 1. The summed E-state index contributed by atoms with van der Waals surface area (Å²) in [6.07, 6.45) is -1.45. The van der Waals surface area contributed by atoms with Crippen molar-refractivity contribution >= 4 is 29.1 Å². The molecule has 6 nitrogen and oxygen atoms in total. The number of methoxy groups -OCH3 is 1.